The van der Waals surface area contributed by atoms with E-state index in [-0.39, 0.29) is 5.76 Å². The van der Waals surface area contributed by atoms with Gasteiger partial charge in [-0.05, 0) is 13.0 Å². The lowest BCUT2D eigenvalue weighted by molar-refractivity contribution is 0.0563. The summed E-state index contributed by atoms with van der Waals surface area (Å²) < 4.78 is 9.65. The first-order chi connectivity index (χ1) is 7.79. The zero-order valence-electron chi connectivity index (χ0n) is 9.50. The van der Waals surface area contributed by atoms with E-state index in [1.165, 1.54) is 13.4 Å². The van der Waals surface area contributed by atoms with Crippen molar-refractivity contribution in [2.24, 2.45) is 0 Å². The summed E-state index contributed by atoms with van der Waals surface area (Å²) in [4.78, 5) is 11.3. The third-order valence-corrected chi connectivity index (χ3v) is 2.04. The molecular weight excluding hydrogens is 206 g/mol. The highest BCUT2D eigenvalue weighted by atomic mass is 16.5. The van der Waals surface area contributed by atoms with Crippen molar-refractivity contribution in [3.8, 4) is 11.8 Å². The van der Waals surface area contributed by atoms with Gasteiger partial charge in [-0.25, -0.2) is 4.79 Å². The Kier molecular flexibility index (Phi) is 5.17. The molecular formula is C12H15NO3. The summed E-state index contributed by atoms with van der Waals surface area (Å²) in [5.74, 6) is 5.58. The molecule has 1 heterocycles. The predicted molar refractivity (Wildman–Crippen MR) is 59.8 cm³/mol. The lowest BCUT2D eigenvalue weighted by Gasteiger charge is -2.02. The summed E-state index contributed by atoms with van der Waals surface area (Å²) in [5, 5.41) is 3.17. The topological polar surface area (TPSA) is 51.5 Å². The van der Waals surface area contributed by atoms with Crippen LogP contribution in [0.4, 0.5) is 0 Å². The SMILES string of the molecule is CC#CCCNCc1ccoc1C(=O)OC. The Morgan fingerprint density at radius 1 is 1.62 bits per heavy atom. The van der Waals surface area contributed by atoms with Gasteiger partial charge in [0.25, 0.3) is 0 Å². The van der Waals surface area contributed by atoms with Crippen molar-refractivity contribution in [2.75, 3.05) is 13.7 Å². The number of ether oxygens (including phenoxy) is 1. The number of nitrogens with one attached hydrogen (secondary N) is 1. The van der Waals surface area contributed by atoms with Crippen molar-refractivity contribution in [1.29, 1.82) is 0 Å². The Bertz CT molecular complexity index is 398. The van der Waals surface area contributed by atoms with Crippen LogP contribution >= 0.6 is 0 Å². The smallest absolute Gasteiger partial charge is 0.374 e. The number of carbonyl (C=O) groups excluding carboxylic acids is 1. The summed E-state index contributed by atoms with van der Waals surface area (Å²) >= 11 is 0. The maximum Gasteiger partial charge on any atom is 0.374 e. The first kappa shape index (κ1) is 12.3. The van der Waals surface area contributed by atoms with Gasteiger partial charge in [0.2, 0.25) is 5.76 Å². The molecule has 4 heteroatoms. The molecule has 0 aromatic carbocycles. The van der Waals surface area contributed by atoms with Crippen LogP contribution in [0, 0.1) is 11.8 Å². The Morgan fingerprint density at radius 2 is 2.44 bits per heavy atom. The molecule has 0 radical (unpaired) electrons. The molecule has 0 amide bonds. The molecule has 0 aliphatic carbocycles. The van der Waals surface area contributed by atoms with Crippen LogP contribution in [-0.2, 0) is 11.3 Å². The van der Waals surface area contributed by atoms with Gasteiger partial charge in [0.05, 0.1) is 13.4 Å². The van der Waals surface area contributed by atoms with E-state index < -0.39 is 5.97 Å². The van der Waals surface area contributed by atoms with Crippen molar-refractivity contribution >= 4 is 5.97 Å². The quantitative estimate of drug-likeness (QED) is 0.466. The third kappa shape index (κ3) is 3.44. The van der Waals surface area contributed by atoms with Crippen LogP contribution < -0.4 is 5.32 Å². The normalized spacial score (nSPS) is 9.38. The minimum atomic E-state index is -0.449. The summed E-state index contributed by atoms with van der Waals surface area (Å²) in [5.41, 5.74) is 0.802. The maximum atomic E-state index is 11.3. The fraction of sp³-hybridized carbons (Fsp3) is 0.417. The van der Waals surface area contributed by atoms with E-state index in [2.05, 4.69) is 21.9 Å². The van der Waals surface area contributed by atoms with Crippen molar-refractivity contribution in [3.63, 3.8) is 0 Å². The molecule has 0 unspecified atom stereocenters. The molecule has 0 fully saturated rings. The molecule has 1 N–H and O–H groups in total. The predicted octanol–water partition coefficient (Wildman–Crippen LogP) is 1.57. The molecule has 0 atom stereocenters. The van der Waals surface area contributed by atoms with Crippen LogP contribution in [0.1, 0.15) is 29.5 Å². The van der Waals surface area contributed by atoms with Gasteiger partial charge in [0.15, 0.2) is 0 Å². The average molecular weight is 221 g/mol. The molecule has 0 saturated carbocycles. The number of methoxy groups -OCH3 is 1. The first-order valence-electron chi connectivity index (χ1n) is 5.04. The molecule has 0 aliphatic rings. The Labute approximate surface area is 95.0 Å². The van der Waals surface area contributed by atoms with E-state index >= 15 is 0 Å². The standard InChI is InChI=1S/C12H15NO3/c1-3-4-5-7-13-9-10-6-8-16-11(10)12(14)15-2/h6,8,13H,5,7,9H2,1-2H3. The van der Waals surface area contributed by atoms with Gasteiger partial charge in [-0.15, -0.1) is 11.8 Å². The molecule has 1 aromatic rings. The molecule has 86 valence electrons. The van der Waals surface area contributed by atoms with E-state index in [9.17, 15) is 4.79 Å². The second-order valence-electron chi connectivity index (χ2n) is 3.12. The minimum Gasteiger partial charge on any atom is -0.463 e. The number of hydrogen-bond acceptors (Lipinski definition) is 4. The number of esters is 1. The number of carbonyl (C=O) groups is 1. The monoisotopic (exact) mass is 221 g/mol. The van der Waals surface area contributed by atoms with Crippen molar-refractivity contribution in [3.05, 3.63) is 23.7 Å². The summed E-state index contributed by atoms with van der Waals surface area (Å²) in [7, 11) is 1.33. The van der Waals surface area contributed by atoms with Crippen LogP contribution in [0.5, 0.6) is 0 Å². The van der Waals surface area contributed by atoms with Gasteiger partial charge in [-0.2, -0.15) is 0 Å². The van der Waals surface area contributed by atoms with Gasteiger partial charge in [-0.1, -0.05) is 0 Å². The number of furan rings is 1. The molecule has 16 heavy (non-hydrogen) atoms. The molecule has 1 rings (SSSR count). The Morgan fingerprint density at radius 3 is 3.12 bits per heavy atom. The molecule has 0 bridgehead atoms. The average Bonchev–Trinajstić information content (AvgIpc) is 2.76. The van der Waals surface area contributed by atoms with Gasteiger partial charge >= 0.3 is 5.97 Å². The van der Waals surface area contributed by atoms with E-state index in [1.54, 1.807) is 6.07 Å². The van der Waals surface area contributed by atoms with Crippen molar-refractivity contribution in [1.82, 2.24) is 5.32 Å². The van der Waals surface area contributed by atoms with Crippen LogP contribution in [-0.4, -0.2) is 19.6 Å². The molecule has 4 nitrogen and oxygen atoms in total. The highest BCUT2D eigenvalue weighted by molar-refractivity contribution is 5.87. The number of rotatable bonds is 5. The van der Waals surface area contributed by atoms with Gasteiger partial charge in [0, 0.05) is 25.1 Å². The van der Waals surface area contributed by atoms with E-state index in [1.807, 2.05) is 6.92 Å². The van der Waals surface area contributed by atoms with Crippen LogP contribution in [0.2, 0.25) is 0 Å². The van der Waals surface area contributed by atoms with Gasteiger partial charge < -0.3 is 14.5 Å². The number of hydrogen-bond donors (Lipinski definition) is 1. The second-order valence-corrected chi connectivity index (χ2v) is 3.12. The Balaban J connectivity index is 2.44. The van der Waals surface area contributed by atoms with Crippen LogP contribution in [0.25, 0.3) is 0 Å². The highest BCUT2D eigenvalue weighted by Gasteiger charge is 2.14. The largest absolute Gasteiger partial charge is 0.463 e. The van der Waals surface area contributed by atoms with Crippen LogP contribution in [0.3, 0.4) is 0 Å². The third-order valence-electron chi connectivity index (χ3n) is 2.04. The Hall–Kier alpha value is -1.73. The zero-order valence-corrected chi connectivity index (χ0v) is 9.50. The van der Waals surface area contributed by atoms with E-state index in [0.29, 0.717) is 6.54 Å². The minimum absolute atomic E-state index is 0.261. The first-order valence-corrected chi connectivity index (χ1v) is 5.04. The summed E-state index contributed by atoms with van der Waals surface area (Å²) in [6.07, 6.45) is 2.27. The highest BCUT2D eigenvalue weighted by Crippen LogP contribution is 2.11. The van der Waals surface area contributed by atoms with Gasteiger partial charge in [0.1, 0.15) is 0 Å². The molecule has 0 spiro atoms. The maximum absolute atomic E-state index is 11.3. The van der Waals surface area contributed by atoms with Crippen LogP contribution in [0.15, 0.2) is 16.7 Å². The second kappa shape index (κ2) is 6.70. The molecule has 0 aliphatic heterocycles. The fourth-order valence-electron chi connectivity index (χ4n) is 1.25. The fourth-order valence-corrected chi connectivity index (χ4v) is 1.25. The summed E-state index contributed by atoms with van der Waals surface area (Å²) in [6, 6.07) is 1.75. The molecule has 0 saturated heterocycles. The van der Waals surface area contributed by atoms with E-state index in [4.69, 9.17) is 4.42 Å². The lowest BCUT2D eigenvalue weighted by atomic mass is 10.2. The van der Waals surface area contributed by atoms with Crippen molar-refractivity contribution < 1.29 is 13.9 Å². The van der Waals surface area contributed by atoms with Gasteiger partial charge in [-0.3, -0.25) is 0 Å². The molecule has 1 aromatic heterocycles. The zero-order chi connectivity index (χ0) is 11.8. The summed E-state index contributed by atoms with van der Waals surface area (Å²) in [6.45, 7) is 3.17. The van der Waals surface area contributed by atoms with E-state index in [0.717, 1.165) is 18.5 Å². The van der Waals surface area contributed by atoms with Crippen molar-refractivity contribution in [2.45, 2.75) is 19.9 Å². The lowest BCUT2D eigenvalue weighted by Crippen LogP contribution is -2.16.